The van der Waals surface area contributed by atoms with Gasteiger partial charge < -0.3 is 20.4 Å². The Hall–Kier alpha value is -1.43. The van der Waals surface area contributed by atoms with E-state index in [1.807, 2.05) is 24.3 Å². The third kappa shape index (κ3) is 8.47. The van der Waals surface area contributed by atoms with Crippen molar-refractivity contribution in [3.63, 3.8) is 0 Å². The zero-order valence-corrected chi connectivity index (χ0v) is 15.0. The fourth-order valence-electron chi connectivity index (χ4n) is 3.19. The van der Waals surface area contributed by atoms with Crippen molar-refractivity contribution in [1.29, 1.82) is 0 Å². The topological polar surface area (TPSA) is 98.0 Å². The molecular weight excluding hydrogens is 320 g/mol. The SMILES string of the molecule is CC/C=C\C[C@@H]1[C@H](/C=C/[C@@H](O)C/C=C\CCCC(=O)O)[C@@H](O)C[C@H]1O. The smallest absolute Gasteiger partial charge is 0.303 e. The highest BCUT2D eigenvalue weighted by Crippen LogP contribution is 2.36. The molecule has 1 rings (SSSR count). The van der Waals surface area contributed by atoms with Gasteiger partial charge in [0.2, 0.25) is 0 Å². The Morgan fingerprint density at radius 3 is 2.60 bits per heavy atom. The van der Waals surface area contributed by atoms with E-state index in [0.717, 1.165) is 12.8 Å². The van der Waals surface area contributed by atoms with Gasteiger partial charge >= 0.3 is 5.97 Å². The van der Waals surface area contributed by atoms with Crippen LogP contribution in [-0.4, -0.2) is 44.7 Å². The zero-order chi connectivity index (χ0) is 18.7. The van der Waals surface area contributed by atoms with Gasteiger partial charge in [0.1, 0.15) is 0 Å². The Bertz CT molecular complexity index is 469. The van der Waals surface area contributed by atoms with Crippen LogP contribution in [0.3, 0.4) is 0 Å². The third-order valence-electron chi connectivity index (χ3n) is 4.59. The van der Waals surface area contributed by atoms with Gasteiger partial charge in [0.05, 0.1) is 18.3 Å². The lowest BCUT2D eigenvalue weighted by molar-refractivity contribution is -0.137. The molecule has 0 radical (unpaired) electrons. The number of unbranched alkanes of at least 4 members (excludes halogenated alkanes) is 1. The second-order valence-electron chi connectivity index (χ2n) is 6.67. The van der Waals surface area contributed by atoms with Gasteiger partial charge in [0.25, 0.3) is 0 Å². The molecule has 0 heterocycles. The fraction of sp³-hybridized carbons (Fsp3) is 0.650. The van der Waals surface area contributed by atoms with Gasteiger partial charge in [-0.2, -0.15) is 0 Å². The predicted octanol–water partition coefficient (Wildman–Crippen LogP) is 2.82. The van der Waals surface area contributed by atoms with Crippen molar-refractivity contribution in [3.8, 4) is 0 Å². The van der Waals surface area contributed by atoms with Gasteiger partial charge in [0.15, 0.2) is 0 Å². The Morgan fingerprint density at radius 1 is 1.16 bits per heavy atom. The molecule has 0 aliphatic heterocycles. The average molecular weight is 352 g/mol. The van der Waals surface area contributed by atoms with Gasteiger partial charge in [-0.3, -0.25) is 4.79 Å². The minimum absolute atomic E-state index is 0.0205. The summed E-state index contributed by atoms with van der Waals surface area (Å²) in [5, 5.41) is 38.8. The van der Waals surface area contributed by atoms with Gasteiger partial charge in [-0.1, -0.05) is 43.4 Å². The molecule has 142 valence electrons. The van der Waals surface area contributed by atoms with E-state index in [9.17, 15) is 20.1 Å². The van der Waals surface area contributed by atoms with Gasteiger partial charge in [-0.25, -0.2) is 0 Å². The first-order valence-corrected chi connectivity index (χ1v) is 9.20. The van der Waals surface area contributed by atoms with Gasteiger partial charge in [-0.05, 0) is 38.0 Å². The van der Waals surface area contributed by atoms with Crippen molar-refractivity contribution in [2.45, 2.75) is 70.2 Å². The number of carbonyl (C=O) groups is 1. The summed E-state index contributed by atoms with van der Waals surface area (Å²) in [5.74, 6) is -0.962. The van der Waals surface area contributed by atoms with Crippen LogP contribution in [0, 0.1) is 11.8 Å². The minimum Gasteiger partial charge on any atom is -0.481 e. The number of hydrogen-bond acceptors (Lipinski definition) is 4. The van der Waals surface area contributed by atoms with Crippen LogP contribution in [-0.2, 0) is 4.79 Å². The lowest BCUT2D eigenvalue weighted by atomic mass is 9.89. The van der Waals surface area contributed by atoms with Crippen molar-refractivity contribution in [2.24, 2.45) is 11.8 Å². The zero-order valence-electron chi connectivity index (χ0n) is 15.0. The van der Waals surface area contributed by atoms with E-state index in [2.05, 4.69) is 13.0 Å². The van der Waals surface area contributed by atoms with Crippen molar-refractivity contribution in [1.82, 2.24) is 0 Å². The summed E-state index contributed by atoms with van der Waals surface area (Å²) in [6.07, 6.45) is 13.5. The minimum atomic E-state index is -0.794. The Morgan fingerprint density at radius 2 is 1.92 bits per heavy atom. The first-order valence-electron chi connectivity index (χ1n) is 9.20. The molecule has 0 amide bonds. The van der Waals surface area contributed by atoms with Crippen molar-refractivity contribution in [2.75, 3.05) is 0 Å². The van der Waals surface area contributed by atoms with Gasteiger partial charge in [0, 0.05) is 18.8 Å². The third-order valence-corrected chi connectivity index (χ3v) is 4.59. The van der Waals surface area contributed by atoms with E-state index in [-0.39, 0.29) is 18.3 Å². The van der Waals surface area contributed by atoms with Crippen LogP contribution in [0.5, 0.6) is 0 Å². The maximum absolute atomic E-state index is 10.4. The lowest BCUT2D eigenvalue weighted by Gasteiger charge is -2.19. The van der Waals surface area contributed by atoms with E-state index in [1.54, 1.807) is 6.08 Å². The van der Waals surface area contributed by atoms with E-state index >= 15 is 0 Å². The Kier molecular flexibility index (Phi) is 10.4. The highest BCUT2D eigenvalue weighted by molar-refractivity contribution is 5.66. The largest absolute Gasteiger partial charge is 0.481 e. The lowest BCUT2D eigenvalue weighted by Crippen LogP contribution is -2.20. The van der Waals surface area contributed by atoms with E-state index in [4.69, 9.17) is 5.11 Å². The standard InChI is InChI=1S/C20H32O5/c1-2-3-6-10-16-17(19(23)14-18(16)22)13-12-15(21)9-7-4-5-8-11-20(24)25/h3-4,6-7,12-13,15-19,21-23H,2,5,8-11,14H2,1H3,(H,24,25)/b6-3-,7-4-,13-12+/t15-,16+,17-,18+,19-/m0/s1. The molecule has 0 unspecified atom stereocenters. The molecule has 5 heteroatoms. The number of aliphatic hydroxyl groups excluding tert-OH is 3. The molecule has 0 bridgehead atoms. The molecule has 0 aromatic heterocycles. The second kappa shape index (κ2) is 12.0. The summed E-state index contributed by atoms with van der Waals surface area (Å²) < 4.78 is 0. The summed E-state index contributed by atoms with van der Waals surface area (Å²) in [6, 6.07) is 0. The van der Waals surface area contributed by atoms with Crippen LogP contribution in [0.4, 0.5) is 0 Å². The Labute approximate surface area is 150 Å². The highest BCUT2D eigenvalue weighted by atomic mass is 16.4. The van der Waals surface area contributed by atoms with Crippen LogP contribution in [0.2, 0.25) is 0 Å². The Balaban J connectivity index is 2.43. The van der Waals surface area contributed by atoms with Crippen LogP contribution >= 0.6 is 0 Å². The molecule has 0 aromatic carbocycles. The molecule has 5 nitrogen and oxygen atoms in total. The molecular formula is C20H32O5. The van der Waals surface area contributed by atoms with Crippen molar-refractivity contribution >= 4 is 5.97 Å². The molecule has 1 saturated carbocycles. The van der Waals surface area contributed by atoms with Crippen LogP contribution in [0.25, 0.3) is 0 Å². The summed E-state index contributed by atoms with van der Waals surface area (Å²) in [6.45, 7) is 2.05. The van der Waals surface area contributed by atoms with Crippen molar-refractivity contribution < 1.29 is 25.2 Å². The summed E-state index contributed by atoms with van der Waals surface area (Å²) in [5.41, 5.74) is 0. The maximum atomic E-state index is 10.4. The second-order valence-corrected chi connectivity index (χ2v) is 6.67. The van der Waals surface area contributed by atoms with Crippen molar-refractivity contribution in [3.05, 3.63) is 36.5 Å². The molecule has 5 atom stereocenters. The molecule has 0 saturated heterocycles. The first kappa shape index (κ1) is 21.6. The van der Waals surface area contributed by atoms with Crippen LogP contribution in [0.1, 0.15) is 51.9 Å². The number of allylic oxidation sites excluding steroid dienone is 3. The number of carboxylic acids is 1. The fourth-order valence-corrected chi connectivity index (χ4v) is 3.19. The molecule has 1 aliphatic rings. The molecule has 0 aromatic rings. The number of aliphatic carboxylic acids is 1. The molecule has 25 heavy (non-hydrogen) atoms. The highest BCUT2D eigenvalue weighted by Gasteiger charge is 2.39. The molecule has 4 N–H and O–H groups in total. The number of rotatable bonds is 11. The molecule has 1 aliphatic carbocycles. The molecule has 0 spiro atoms. The van der Waals surface area contributed by atoms with E-state index < -0.39 is 24.3 Å². The summed E-state index contributed by atoms with van der Waals surface area (Å²) >= 11 is 0. The van der Waals surface area contributed by atoms with Crippen LogP contribution in [0.15, 0.2) is 36.5 Å². The van der Waals surface area contributed by atoms with E-state index in [0.29, 0.717) is 25.7 Å². The molecule has 1 fully saturated rings. The average Bonchev–Trinajstić information content (AvgIpc) is 2.82. The van der Waals surface area contributed by atoms with Gasteiger partial charge in [-0.15, -0.1) is 0 Å². The summed E-state index contributed by atoms with van der Waals surface area (Å²) in [7, 11) is 0. The maximum Gasteiger partial charge on any atom is 0.303 e. The number of aliphatic hydroxyl groups is 3. The van der Waals surface area contributed by atoms with E-state index in [1.165, 1.54) is 0 Å². The number of hydrogen-bond donors (Lipinski definition) is 4. The predicted molar refractivity (Wildman–Crippen MR) is 98.0 cm³/mol. The first-order chi connectivity index (χ1) is 12.0. The quantitative estimate of drug-likeness (QED) is 0.339. The van der Waals surface area contributed by atoms with Crippen LogP contribution < -0.4 is 0 Å². The normalized spacial score (nSPS) is 28.5. The summed E-state index contributed by atoms with van der Waals surface area (Å²) in [4.78, 5) is 10.4. The monoisotopic (exact) mass is 352 g/mol. The number of carboxylic acid groups (broad SMARTS) is 1.